The highest BCUT2D eigenvalue weighted by atomic mass is 32.1. The van der Waals surface area contributed by atoms with Gasteiger partial charge in [-0.2, -0.15) is 0 Å². The van der Waals surface area contributed by atoms with E-state index in [9.17, 15) is 0 Å². The minimum Gasteiger partial charge on any atom is -0.454 e. The largest absolute Gasteiger partial charge is 0.454 e. The van der Waals surface area contributed by atoms with Crippen LogP contribution < -0.4 is 4.90 Å². The Hall–Kier alpha value is -6.16. The molecule has 0 spiro atoms. The Kier molecular flexibility index (Phi) is 6.39. The highest BCUT2D eigenvalue weighted by Crippen LogP contribution is 2.46. The summed E-state index contributed by atoms with van der Waals surface area (Å²) in [6.45, 7) is 0. The molecule has 0 saturated heterocycles. The van der Waals surface area contributed by atoms with E-state index in [4.69, 9.17) is 4.42 Å². The first-order valence-electron chi connectivity index (χ1n) is 16.6. The SMILES string of the molecule is c1ccc(-c2ccc(N(c3ccc(-c4ccc5sc6ccccc6c5c4)cc3)c3ccc4ccccc4c3)c3oc4ccccc4c23)cc1. The molecule has 2 heterocycles. The fraction of sp³-hybridized carbons (Fsp3) is 0. The molecule has 0 aliphatic rings. The number of furan rings is 1. The third-order valence-corrected chi connectivity index (χ3v) is 10.8. The standard InChI is InChI=1S/C46H29NOS/c1-2-11-32(12-3-1)37-25-26-41(46-45(37)39-15-6-8-16-42(39)48-46)47(36-24-20-30-10-4-5-13-33(30)28-36)35-22-18-31(19-23-35)34-21-27-44-40(29-34)38-14-7-9-17-43(38)49-44/h1-29H. The Morgan fingerprint density at radius 1 is 0.429 bits per heavy atom. The van der Waals surface area contributed by atoms with Crippen molar-refractivity contribution in [3.8, 4) is 22.3 Å². The Balaban J connectivity index is 1.17. The summed E-state index contributed by atoms with van der Waals surface area (Å²) >= 11 is 1.85. The maximum atomic E-state index is 6.78. The molecule has 0 radical (unpaired) electrons. The average Bonchev–Trinajstić information content (AvgIpc) is 3.74. The lowest BCUT2D eigenvalue weighted by molar-refractivity contribution is 0.669. The third kappa shape index (κ3) is 4.62. The zero-order valence-corrected chi connectivity index (χ0v) is 27.3. The molecule has 2 nitrogen and oxygen atoms in total. The molecular formula is C46H29NOS. The van der Waals surface area contributed by atoms with Crippen molar-refractivity contribution >= 4 is 81.3 Å². The predicted octanol–water partition coefficient (Wildman–Crippen LogP) is 13.9. The van der Waals surface area contributed by atoms with Crippen LogP contribution in [0.5, 0.6) is 0 Å². The first-order chi connectivity index (χ1) is 24.3. The molecule has 0 fully saturated rings. The van der Waals surface area contributed by atoms with Crippen LogP contribution in [-0.4, -0.2) is 0 Å². The quantitative estimate of drug-likeness (QED) is 0.186. The van der Waals surface area contributed by atoms with Crippen LogP contribution in [0.2, 0.25) is 0 Å². The van der Waals surface area contributed by atoms with E-state index in [2.05, 4.69) is 175 Å². The van der Waals surface area contributed by atoms with Gasteiger partial charge in [-0.1, -0.05) is 121 Å². The molecule has 2 aromatic heterocycles. The molecule has 0 unspecified atom stereocenters. The monoisotopic (exact) mass is 643 g/mol. The summed E-state index contributed by atoms with van der Waals surface area (Å²) in [5.41, 5.74) is 9.63. The summed E-state index contributed by atoms with van der Waals surface area (Å²) in [5.74, 6) is 0. The minimum absolute atomic E-state index is 0.870. The van der Waals surface area contributed by atoms with Gasteiger partial charge in [0.2, 0.25) is 0 Å². The number of hydrogen-bond acceptors (Lipinski definition) is 3. The fourth-order valence-electron chi connectivity index (χ4n) is 7.30. The molecular weight excluding hydrogens is 615 g/mol. The van der Waals surface area contributed by atoms with Gasteiger partial charge in [-0.25, -0.2) is 0 Å². The van der Waals surface area contributed by atoms with Crippen LogP contribution in [-0.2, 0) is 0 Å². The number of rotatable bonds is 5. The van der Waals surface area contributed by atoms with Crippen molar-refractivity contribution in [3.05, 3.63) is 176 Å². The lowest BCUT2D eigenvalue weighted by Gasteiger charge is -2.26. The summed E-state index contributed by atoms with van der Waals surface area (Å²) in [4.78, 5) is 2.34. The molecule has 0 amide bonds. The van der Waals surface area contributed by atoms with Crippen LogP contribution in [0.15, 0.2) is 180 Å². The molecule has 0 aliphatic heterocycles. The van der Waals surface area contributed by atoms with Crippen molar-refractivity contribution < 1.29 is 4.42 Å². The van der Waals surface area contributed by atoms with Crippen LogP contribution in [0, 0.1) is 0 Å². The number of anilines is 3. The van der Waals surface area contributed by atoms with Gasteiger partial charge in [0.25, 0.3) is 0 Å². The molecule has 10 rings (SSSR count). The second-order valence-electron chi connectivity index (χ2n) is 12.5. The van der Waals surface area contributed by atoms with Gasteiger partial charge in [-0.05, 0) is 87.6 Å². The van der Waals surface area contributed by atoms with Crippen LogP contribution in [0.4, 0.5) is 17.1 Å². The summed E-state index contributed by atoms with van der Waals surface area (Å²) in [5, 5.41) is 7.27. The second kappa shape index (κ2) is 11.2. The number of thiophene rings is 1. The molecule has 49 heavy (non-hydrogen) atoms. The van der Waals surface area contributed by atoms with Gasteiger partial charge in [0.1, 0.15) is 5.58 Å². The molecule has 0 aliphatic carbocycles. The summed E-state index contributed by atoms with van der Waals surface area (Å²) in [6.07, 6.45) is 0. The second-order valence-corrected chi connectivity index (χ2v) is 13.6. The van der Waals surface area contributed by atoms with Gasteiger partial charge in [0.05, 0.1) is 5.69 Å². The zero-order valence-electron chi connectivity index (χ0n) is 26.5. The first kappa shape index (κ1) is 27.9. The van der Waals surface area contributed by atoms with Crippen LogP contribution in [0.1, 0.15) is 0 Å². The highest BCUT2D eigenvalue weighted by molar-refractivity contribution is 7.25. The van der Waals surface area contributed by atoms with E-state index in [1.54, 1.807) is 0 Å². The number of nitrogens with zero attached hydrogens (tertiary/aromatic N) is 1. The summed E-state index contributed by atoms with van der Waals surface area (Å²) < 4.78 is 9.42. The maximum Gasteiger partial charge on any atom is 0.160 e. The van der Waals surface area contributed by atoms with Gasteiger partial charge in [-0.15, -0.1) is 11.3 Å². The lowest BCUT2D eigenvalue weighted by Crippen LogP contribution is -2.10. The number of fused-ring (bicyclic) bond motifs is 7. The van der Waals surface area contributed by atoms with E-state index < -0.39 is 0 Å². The highest BCUT2D eigenvalue weighted by Gasteiger charge is 2.22. The molecule has 10 aromatic rings. The van der Waals surface area contributed by atoms with E-state index in [1.807, 2.05) is 17.4 Å². The summed E-state index contributed by atoms with van der Waals surface area (Å²) in [6, 6.07) is 63.2. The van der Waals surface area contributed by atoms with Gasteiger partial charge >= 0.3 is 0 Å². The van der Waals surface area contributed by atoms with E-state index in [0.717, 1.165) is 44.6 Å². The Morgan fingerprint density at radius 2 is 1.12 bits per heavy atom. The minimum atomic E-state index is 0.870. The molecule has 3 heteroatoms. The molecule has 0 N–H and O–H groups in total. The van der Waals surface area contributed by atoms with Crippen molar-refractivity contribution in [1.82, 2.24) is 0 Å². The van der Waals surface area contributed by atoms with Crippen LogP contribution >= 0.6 is 11.3 Å². The lowest BCUT2D eigenvalue weighted by atomic mass is 9.98. The van der Waals surface area contributed by atoms with Crippen LogP contribution in [0.25, 0.3) is 75.1 Å². The van der Waals surface area contributed by atoms with E-state index in [-0.39, 0.29) is 0 Å². The Bertz CT molecular complexity index is 2830. The van der Waals surface area contributed by atoms with Gasteiger partial charge < -0.3 is 9.32 Å². The molecule has 0 bridgehead atoms. The number of benzene rings is 8. The topological polar surface area (TPSA) is 16.4 Å². The van der Waals surface area contributed by atoms with Crippen molar-refractivity contribution in [2.75, 3.05) is 4.90 Å². The fourth-order valence-corrected chi connectivity index (χ4v) is 8.39. The van der Waals surface area contributed by atoms with Crippen molar-refractivity contribution in [1.29, 1.82) is 0 Å². The van der Waals surface area contributed by atoms with Crippen molar-refractivity contribution in [2.45, 2.75) is 0 Å². The number of para-hydroxylation sites is 1. The predicted molar refractivity (Wildman–Crippen MR) is 210 cm³/mol. The molecule has 230 valence electrons. The zero-order chi connectivity index (χ0) is 32.3. The Morgan fingerprint density at radius 3 is 2.00 bits per heavy atom. The number of hydrogen-bond donors (Lipinski definition) is 0. The smallest absolute Gasteiger partial charge is 0.160 e. The van der Waals surface area contributed by atoms with Crippen molar-refractivity contribution in [3.63, 3.8) is 0 Å². The average molecular weight is 644 g/mol. The normalized spacial score (nSPS) is 11.7. The van der Waals surface area contributed by atoms with E-state index in [1.165, 1.54) is 47.6 Å². The third-order valence-electron chi connectivity index (χ3n) is 9.66. The van der Waals surface area contributed by atoms with E-state index >= 15 is 0 Å². The summed E-state index contributed by atoms with van der Waals surface area (Å²) in [7, 11) is 0. The molecule has 0 atom stereocenters. The maximum absolute atomic E-state index is 6.78. The van der Waals surface area contributed by atoms with Crippen molar-refractivity contribution in [2.24, 2.45) is 0 Å². The Labute approximate surface area is 287 Å². The van der Waals surface area contributed by atoms with E-state index in [0.29, 0.717) is 0 Å². The van der Waals surface area contributed by atoms with Gasteiger partial charge in [0, 0.05) is 42.3 Å². The van der Waals surface area contributed by atoms with Gasteiger partial charge in [-0.3, -0.25) is 0 Å². The van der Waals surface area contributed by atoms with Crippen LogP contribution in [0.3, 0.4) is 0 Å². The molecule has 8 aromatic carbocycles. The van der Waals surface area contributed by atoms with Gasteiger partial charge in [0.15, 0.2) is 5.58 Å². The molecule has 0 saturated carbocycles. The first-order valence-corrected chi connectivity index (χ1v) is 17.4.